The van der Waals surface area contributed by atoms with Crippen molar-refractivity contribution in [2.75, 3.05) is 79.2 Å². The molecule has 6 amide bonds. The first-order valence-corrected chi connectivity index (χ1v) is 30.7. The minimum atomic E-state index is -1.35. The predicted molar refractivity (Wildman–Crippen MR) is 332 cm³/mol. The van der Waals surface area contributed by atoms with Crippen molar-refractivity contribution < 1.29 is 76.3 Å². The van der Waals surface area contributed by atoms with Gasteiger partial charge in [-0.3, -0.25) is 28.8 Å². The number of ether oxygens (including phenoxy) is 7. The van der Waals surface area contributed by atoms with Gasteiger partial charge in [0.2, 0.25) is 23.6 Å². The second-order valence-electron chi connectivity index (χ2n) is 22.8. The molecule has 5 N–H and O–H groups in total. The molecule has 0 spiro atoms. The van der Waals surface area contributed by atoms with E-state index in [2.05, 4.69) is 26.6 Å². The zero-order valence-electron chi connectivity index (χ0n) is 54.1. The molecule has 1 aliphatic rings. The summed E-state index contributed by atoms with van der Waals surface area (Å²) in [5.74, 6) is -6.63. The average molecular weight is 1230 g/mol. The number of rotatable bonds is 26. The summed E-state index contributed by atoms with van der Waals surface area (Å²) in [4.78, 5) is 126. The second kappa shape index (κ2) is 40.2. The zero-order chi connectivity index (χ0) is 65.3. The van der Waals surface area contributed by atoms with Gasteiger partial charge in [-0.25, -0.2) is 14.4 Å². The van der Waals surface area contributed by atoms with Crippen molar-refractivity contribution in [3.8, 4) is 0 Å². The van der Waals surface area contributed by atoms with Gasteiger partial charge in [-0.05, 0) is 101 Å². The van der Waals surface area contributed by atoms with E-state index in [0.29, 0.717) is 76.3 Å². The Labute approximate surface area is 520 Å². The van der Waals surface area contributed by atoms with Gasteiger partial charge in [0, 0.05) is 83.9 Å². The molecule has 0 saturated heterocycles. The number of nitrogens with zero attached hydrogens (tertiary/aromatic N) is 2. The maximum absolute atomic E-state index is 14.3. The number of unbranched alkanes of at least 4 members (excludes halogenated alkanes) is 1. The number of allylic oxidation sites excluding steroid dienone is 1. The molecule has 3 rings (SSSR count). The van der Waals surface area contributed by atoms with Crippen LogP contribution in [0.25, 0.3) is 0 Å². The van der Waals surface area contributed by atoms with Crippen molar-refractivity contribution in [2.24, 2.45) is 17.8 Å². The Hall–Kier alpha value is -7.37. The molecule has 0 bridgehead atoms. The number of hydrogen-bond donors (Lipinski definition) is 5. The summed E-state index contributed by atoms with van der Waals surface area (Å²) in [5.41, 5.74) is 3.26. The van der Waals surface area contributed by atoms with Gasteiger partial charge >= 0.3 is 24.0 Å². The maximum atomic E-state index is 14.3. The lowest BCUT2D eigenvalue weighted by molar-refractivity contribution is -0.155. The molecule has 0 aromatic heterocycles. The van der Waals surface area contributed by atoms with Gasteiger partial charge in [0.15, 0.2) is 6.10 Å². The van der Waals surface area contributed by atoms with Crippen LogP contribution in [0.2, 0.25) is 0 Å². The standard InChI is InChI=1S/C65H99N7O16/c1-14-43(5)57-60(76)69-48(10)64(80)88-58(44(6)15-2)46(8)53(87-65(81)67-31-35-82-33-21-34-84-37-36-83-32-20-19-24-56(74)85-41-50-26-28-51(66-11)29-27-50)30-25-45(7)63(79)86-54(38-42(3)4)59(75)68-47(9)61(77)72(13)52(39-49-22-17-16-18-23-49)62(78)71(12)40-55(73)70-57/h15-18,22-23,25-29,42-43,46-48,52-54,57-58,66H,14,19-21,24,30-41H2,1-13H3,(H,67,81)(H,68,75)(H,69,76)(H,70,73)/b44-15+,45-25+/t43?,46-,47-,48+,52+,53-,54+,57-,58+/m0/s1. The van der Waals surface area contributed by atoms with E-state index in [1.54, 1.807) is 64.1 Å². The number of carbonyl (C=O) groups excluding carboxylic acids is 9. The van der Waals surface area contributed by atoms with Crippen LogP contribution in [0.3, 0.4) is 0 Å². The van der Waals surface area contributed by atoms with Crippen molar-refractivity contribution in [3.63, 3.8) is 0 Å². The van der Waals surface area contributed by atoms with Crippen LogP contribution in [0.15, 0.2) is 77.9 Å². The van der Waals surface area contributed by atoms with Crippen LogP contribution in [0.4, 0.5) is 10.5 Å². The fraction of sp³-hybridized carbons (Fsp3) is 0.615. The Morgan fingerprint density at radius 1 is 0.773 bits per heavy atom. The smallest absolute Gasteiger partial charge is 0.407 e. The Balaban J connectivity index is 1.73. The molecule has 1 unspecified atom stereocenters. The maximum Gasteiger partial charge on any atom is 0.407 e. The molecule has 88 heavy (non-hydrogen) atoms. The van der Waals surface area contributed by atoms with Crippen LogP contribution in [-0.2, 0) is 84.5 Å². The lowest BCUT2D eigenvalue weighted by Crippen LogP contribution is -2.57. The van der Waals surface area contributed by atoms with E-state index in [9.17, 15) is 43.2 Å². The summed E-state index contributed by atoms with van der Waals surface area (Å²) in [7, 11) is 4.67. The summed E-state index contributed by atoms with van der Waals surface area (Å²) in [6, 6.07) is 11.9. The Morgan fingerprint density at radius 2 is 1.41 bits per heavy atom. The van der Waals surface area contributed by atoms with Gasteiger partial charge in [-0.2, -0.15) is 0 Å². The third-order valence-electron chi connectivity index (χ3n) is 15.1. The topological polar surface area (TPSA) is 285 Å². The number of hydrogen-bond acceptors (Lipinski definition) is 17. The zero-order valence-corrected chi connectivity index (χ0v) is 54.1. The molecule has 0 aliphatic carbocycles. The highest BCUT2D eigenvalue weighted by Gasteiger charge is 2.38. The molecule has 1 heterocycles. The van der Waals surface area contributed by atoms with Gasteiger partial charge in [-0.15, -0.1) is 0 Å². The van der Waals surface area contributed by atoms with Crippen molar-refractivity contribution >= 4 is 59.2 Å². The molecule has 9 atom stereocenters. The fourth-order valence-electron chi connectivity index (χ4n) is 9.26. The molecule has 0 saturated carbocycles. The van der Waals surface area contributed by atoms with Gasteiger partial charge in [0.1, 0.15) is 43.0 Å². The number of amides is 6. The first kappa shape index (κ1) is 74.9. The van der Waals surface area contributed by atoms with E-state index in [1.165, 1.54) is 45.8 Å². The third-order valence-corrected chi connectivity index (χ3v) is 15.1. The molecule has 23 nitrogen and oxygen atoms in total. The second-order valence-corrected chi connectivity index (χ2v) is 22.8. The highest BCUT2D eigenvalue weighted by Crippen LogP contribution is 2.26. The highest BCUT2D eigenvalue weighted by atomic mass is 16.6. The summed E-state index contributed by atoms with van der Waals surface area (Å²) >= 11 is 0. The monoisotopic (exact) mass is 1230 g/mol. The first-order valence-electron chi connectivity index (χ1n) is 30.7. The average Bonchev–Trinajstić information content (AvgIpc) is 3.71. The summed E-state index contributed by atoms with van der Waals surface area (Å²) in [6.07, 6.45) is 1.72. The number of anilines is 1. The molecule has 0 radical (unpaired) electrons. The number of carbonyl (C=O) groups is 9. The van der Waals surface area contributed by atoms with Crippen LogP contribution < -0.4 is 26.6 Å². The van der Waals surface area contributed by atoms with E-state index in [1.807, 2.05) is 52.1 Å². The van der Waals surface area contributed by atoms with Crippen molar-refractivity contribution in [1.29, 1.82) is 0 Å². The number of likely N-dealkylation sites (N-methyl/N-ethyl adjacent to an activating group) is 2. The number of benzene rings is 2. The molecule has 490 valence electrons. The predicted octanol–water partition coefficient (Wildman–Crippen LogP) is 6.37. The fourth-order valence-corrected chi connectivity index (χ4v) is 9.26. The molecular weight excluding hydrogens is 1130 g/mol. The summed E-state index contributed by atoms with van der Waals surface area (Å²) in [5, 5.41) is 13.9. The largest absolute Gasteiger partial charge is 0.461 e. The molecule has 0 fully saturated rings. The van der Waals surface area contributed by atoms with Gasteiger partial charge < -0.3 is 69.5 Å². The number of cyclic esters (lactones) is 2. The SMILES string of the molecule is C/C=C(\C)[C@H]1OC(=O)[C@@H](C)NC(=O)[C@H](C(C)CC)NC(=O)CN(C)C(=O)[C@@H](Cc2ccccc2)N(C)C(=O)[C@H](C)NC(=O)[C@@H](CC(C)C)OC(=O)/C(C)=C/C[C@H](OC(=O)NCCOCCCOCCOCCCCC(=O)OCc2ccc(NC)cc2)[C@@H]1C. The molecule has 2 aromatic carbocycles. The lowest BCUT2D eigenvalue weighted by atomic mass is 9.90. The Morgan fingerprint density at radius 3 is 2.03 bits per heavy atom. The van der Waals surface area contributed by atoms with Gasteiger partial charge in [0.05, 0.1) is 26.4 Å². The minimum absolute atomic E-state index is 0.0518. The van der Waals surface area contributed by atoms with E-state index < -0.39 is 108 Å². The van der Waals surface area contributed by atoms with E-state index in [-0.39, 0.29) is 56.5 Å². The number of alkyl carbamates (subject to hydrolysis) is 1. The van der Waals surface area contributed by atoms with Gasteiger partial charge in [-0.1, -0.05) is 95.7 Å². The lowest BCUT2D eigenvalue weighted by Gasteiger charge is -2.33. The van der Waals surface area contributed by atoms with Crippen molar-refractivity contribution in [3.05, 3.63) is 89.0 Å². The quantitative estimate of drug-likeness (QED) is 0.0296. The highest BCUT2D eigenvalue weighted by molar-refractivity contribution is 5.96. The van der Waals surface area contributed by atoms with Crippen LogP contribution in [0.5, 0.6) is 0 Å². The Bertz CT molecular complexity index is 2600. The number of esters is 3. The van der Waals surface area contributed by atoms with E-state index in [0.717, 1.165) is 16.2 Å². The normalized spacial score (nSPS) is 23.0. The minimum Gasteiger partial charge on any atom is -0.461 e. The first-order chi connectivity index (χ1) is 41.9. The molecule has 23 heteroatoms. The van der Waals surface area contributed by atoms with Crippen LogP contribution in [-0.4, -0.2) is 180 Å². The van der Waals surface area contributed by atoms with E-state index >= 15 is 0 Å². The Kier molecular flexibility index (Phi) is 34.2. The summed E-state index contributed by atoms with van der Waals surface area (Å²) < 4.78 is 40.3. The number of nitrogens with one attached hydrogen (secondary N) is 5. The van der Waals surface area contributed by atoms with E-state index in [4.69, 9.17) is 33.2 Å². The van der Waals surface area contributed by atoms with Crippen molar-refractivity contribution in [2.45, 2.75) is 170 Å². The third kappa shape index (κ3) is 26.9. The van der Waals surface area contributed by atoms with Crippen molar-refractivity contribution in [1.82, 2.24) is 31.1 Å². The molecule has 2 aromatic rings. The molecule has 1 aliphatic heterocycles. The summed E-state index contributed by atoms with van der Waals surface area (Å²) in [6.45, 7) is 18.8. The van der Waals surface area contributed by atoms with Crippen LogP contribution in [0.1, 0.15) is 125 Å². The van der Waals surface area contributed by atoms with Crippen LogP contribution >= 0.6 is 0 Å². The van der Waals surface area contributed by atoms with Gasteiger partial charge in [0.25, 0.3) is 5.91 Å². The van der Waals surface area contributed by atoms with Crippen LogP contribution in [0, 0.1) is 17.8 Å². The molecular formula is C65H99N7O16.